The molecule has 0 unspecified atom stereocenters. The Bertz CT molecular complexity index is 764. The number of hydrogen-bond donors (Lipinski definition) is 2. The molecule has 2 aromatic rings. The van der Waals surface area contributed by atoms with Crippen molar-refractivity contribution >= 4 is 39.1 Å². The lowest BCUT2D eigenvalue weighted by atomic mass is 10.2. The van der Waals surface area contributed by atoms with Crippen LogP contribution in [0.25, 0.3) is 0 Å². The van der Waals surface area contributed by atoms with E-state index in [1.165, 1.54) is 0 Å². The van der Waals surface area contributed by atoms with Crippen molar-refractivity contribution in [1.29, 1.82) is 0 Å². The molecule has 2 N–H and O–H groups in total. The van der Waals surface area contributed by atoms with Crippen LogP contribution in [0, 0.1) is 0 Å². The molecule has 2 amide bonds. The van der Waals surface area contributed by atoms with Crippen molar-refractivity contribution in [2.24, 2.45) is 0 Å². The highest BCUT2D eigenvalue weighted by Gasteiger charge is 2.16. The van der Waals surface area contributed by atoms with E-state index in [0.29, 0.717) is 40.6 Å². The number of carbonyl (C=O) groups excluding carboxylic acids is 2. The molecular weight excluding hydrogens is 388 g/mol. The first-order valence-electron chi connectivity index (χ1n) is 7.81. The number of carbonyl (C=O) groups is 2. The Kier molecular flexibility index (Phi) is 6.82. The maximum atomic E-state index is 12.1. The highest BCUT2D eigenvalue weighted by Crippen LogP contribution is 2.30. The minimum absolute atomic E-state index is 0.444. The van der Waals surface area contributed by atoms with Crippen LogP contribution in [-0.2, 0) is 9.59 Å². The molecule has 0 saturated heterocycles. The lowest BCUT2D eigenvalue weighted by Crippen LogP contribution is -2.29. The second-order valence-electron chi connectivity index (χ2n) is 4.92. The second-order valence-corrected chi connectivity index (χ2v) is 5.77. The van der Waals surface area contributed by atoms with E-state index in [1.807, 2.05) is 19.9 Å². The third-order valence-electron chi connectivity index (χ3n) is 3.13. The molecule has 0 heterocycles. The molecular formula is C18H19BrN2O4. The Morgan fingerprint density at radius 2 is 1.56 bits per heavy atom. The summed E-state index contributed by atoms with van der Waals surface area (Å²) in [5.41, 5.74) is 0.962. The summed E-state index contributed by atoms with van der Waals surface area (Å²) in [5.74, 6) is -0.450. The monoisotopic (exact) mass is 406 g/mol. The molecule has 2 aromatic carbocycles. The number of anilines is 2. The molecule has 25 heavy (non-hydrogen) atoms. The van der Waals surface area contributed by atoms with Gasteiger partial charge in [-0.05, 0) is 54.0 Å². The summed E-state index contributed by atoms with van der Waals surface area (Å²) >= 11 is 3.31. The molecule has 7 heteroatoms. The number of benzene rings is 2. The highest BCUT2D eigenvalue weighted by molar-refractivity contribution is 9.10. The molecule has 0 atom stereocenters. The van der Waals surface area contributed by atoms with E-state index < -0.39 is 11.8 Å². The van der Waals surface area contributed by atoms with Crippen molar-refractivity contribution in [3.8, 4) is 11.5 Å². The molecule has 0 aliphatic rings. The van der Waals surface area contributed by atoms with Crippen LogP contribution in [0.5, 0.6) is 11.5 Å². The summed E-state index contributed by atoms with van der Waals surface area (Å²) < 4.78 is 11.7. The van der Waals surface area contributed by atoms with Gasteiger partial charge in [0.05, 0.1) is 18.9 Å². The van der Waals surface area contributed by atoms with Crippen molar-refractivity contribution in [2.45, 2.75) is 13.8 Å². The topological polar surface area (TPSA) is 76.7 Å². The average Bonchev–Trinajstić information content (AvgIpc) is 2.59. The maximum Gasteiger partial charge on any atom is 0.314 e. The van der Waals surface area contributed by atoms with Crippen molar-refractivity contribution in [1.82, 2.24) is 0 Å². The van der Waals surface area contributed by atoms with Gasteiger partial charge in [0.25, 0.3) is 0 Å². The number of hydrogen-bond acceptors (Lipinski definition) is 4. The largest absolute Gasteiger partial charge is 0.490 e. The van der Waals surface area contributed by atoms with Crippen molar-refractivity contribution in [2.75, 3.05) is 23.8 Å². The molecule has 132 valence electrons. The molecule has 0 fully saturated rings. The molecule has 6 nitrogen and oxygen atoms in total. The summed E-state index contributed by atoms with van der Waals surface area (Å²) in [6, 6.07) is 12.0. The Hall–Kier alpha value is -2.54. The zero-order valence-corrected chi connectivity index (χ0v) is 15.6. The Balaban J connectivity index is 2.07. The number of amides is 2. The van der Waals surface area contributed by atoms with Crippen LogP contribution in [0.3, 0.4) is 0 Å². The van der Waals surface area contributed by atoms with E-state index in [0.717, 1.165) is 0 Å². The number of nitrogens with one attached hydrogen (secondary N) is 2. The third-order valence-corrected chi connectivity index (χ3v) is 3.82. The standard InChI is InChI=1S/C18H19BrN2O4/c1-3-24-15-10-9-12(11-16(15)25-4-2)20-17(22)18(23)21-14-8-6-5-7-13(14)19/h5-11H,3-4H2,1-2H3,(H,20,22)(H,21,23). The van der Waals surface area contributed by atoms with Gasteiger partial charge in [-0.15, -0.1) is 0 Å². The van der Waals surface area contributed by atoms with Crippen LogP contribution in [0.4, 0.5) is 11.4 Å². The van der Waals surface area contributed by atoms with E-state index in [1.54, 1.807) is 36.4 Å². The predicted octanol–water partition coefficient (Wildman–Crippen LogP) is 3.82. The highest BCUT2D eigenvalue weighted by atomic mass is 79.9. The van der Waals surface area contributed by atoms with Crippen LogP contribution < -0.4 is 20.1 Å². The second kappa shape index (κ2) is 9.08. The summed E-state index contributed by atoms with van der Waals surface area (Å²) in [4.78, 5) is 24.1. The van der Waals surface area contributed by atoms with Gasteiger partial charge in [-0.3, -0.25) is 9.59 Å². The fourth-order valence-electron chi connectivity index (χ4n) is 2.06. The first kappa shape index (κ1) is 18.8. The smallest absolute Gasteiger partial charge is 0.314 e. The Morgan fingerprint density at radius 3 is 2.24 bits per heavy atom. The van der Waals surface area contributed by atoms with Gasteiger partial charge in [0, 0.05) is 16.2 Å². The normalized spacial score (nSPS) is 10.0. The third kappa shape index (κ3) is 5.22. The van der Waals surface area contributed by atoms with Gasteiger partial charge in [0.2, 0.25) is 0 Å². The SMILES string of the molecule is CCOc1ccc(NC(=O)C(=O)Nc2ccccc2Br)cc1OCC. The van der Waals surface area contributed by atoms with Crippen LogP contribution in [0.1, 0.15) is 13.8 Å². The molecule has 0 spiro atoms. The molecule has 0 saturated carbocycles. The maximum absolute atomic E-state index is 12.1. The molecule has 2 rings (SSSR count). The Morgan fingerprint density at radius 1 is 0.920 bits per heavy atom. The quantitative estimate of drug-likeness (QED) is 0.714. The van der Waals surface area contributed by atoms with Crippen molar-refractivity contribution in [3.63, 3.8) is 0 Å². The fourth-order valence-corrected chi connectivity index (χ4v) is 2.44. The van der Waals surface area contributed by atoms with E-state index in [4.69, 9.17) is 9.47 Å². The van der Waals surface area contributed by atoms with Gasteiger partial charge in [0.1, 0.15) is 0 Å². The van der Waals surface area contributed by atoms with Gasteiger partial charge in [0.15, 0.2) is 11.5 Å². The lowest BCUT2D eigenvalue weighted by molar-refractivity contribution is -0.133. The van der Waals surface area contributed by atoms with Gasteiger partial charge in [-0.2, -0.15) is 0 Å². The molecule has 0 aliphatic carbocycles. The lowest BCUT2D eigenvalue weighted by Gasteiger charge is -2.13. The zero-order valence-electron chi connectivity index (χ0n) is 14.0. The number of ether oxygens (including phenoxy) is 2. The molecule has 0 bridgehead atoms. The van der Waals surface area contributed by atoms with Gasteiger partial charge in [-0.1, -0.05) is 12.1 Å². The van der Waals surface area contributed by atoms with Crippen LogP contribution in [0.15, 0.2) is 46.9 Å². The van der Waals surface area contributed by atoms with Crippen molar-refractivity contribution < 1.29 is 19.1 Å². The van der Waals surface area contributed by atoms with Crippen molar-refractivity contribution in [3.05, 3.63) is 46.9 Å². The molecule has 0 aromatic heterocycles. The summed E-state index contributed by atoms with van der Waals surface area (Å²) in [6.45, 7) is 4.68. The summed E-state index contributed by atoms with van der Waals surface area (Å²) in [6.07, 6.45) is 0. The van der Waals surface area contributed by atoms with E-state index in [-0.39, 0.29) is 0 Å². The van der Waals surface area contributed by atoms with E-state index in [2.05, 4.69) is 26.6 Å². The summed E-state index contributed by atoms with van der Waals surface area (Å²) in [5, 5.41) is 5.10. The molecule has 0 aliphatic heterocycles. The summed E-state index contributed by atoms with van der Waals surface area (Å²) in [7, 11) is 0. The zero-order chi connectivity index (χ0) is 18.2. The van der Waals surface area contributed by atoms with Crippen LogP contribution in [-0.4, -0.2) is 25.0 Å². The average molecular weight is 407 g/mol. The van der Waals surface area contributed by atoms with Crippen LogP contribution in [0.2, 0.25) is 0 Å². The number of rotatable bonds is 6. The van der Waals surface area contributed by atoms with Gasteiger partial charge < -0.3 is 20.1 Å². The van der Waals surface area contributed by atoms with Gasteiger partial charge >= 0.3 is 11.8 Å². The van der Waals surface area contributed by atoms with E-state index in [9.17, 15) is 9.59 Å². The Labute approximate surface area is 154 Å². The van der Waals surface area contributed by atoms with E-state index >= 15 is 0 Å². The number of para-hydroxylation sites is 1. The fraction of sp³-hybridized carbons (Fsp3) is 0.222. The minimum Gasteiger partial charge on any atom is -0.490 e. The van der Waals surface area contributed by atoms with Crippen LogP contribution >= 0.6 is 15.9 Å². The number of halogens is 1. The predicted molar refractivity (Wildman–Crippen MR) is 100 cm³/mol. The minimum atomic E-state index is -0.776. The first-order valence-corrected chi connectivity index (χ1v) is 8.61. The first-order chi connectivity index (χ1) is 12.0. The van der Waals surface area contributed by atoms with Gasteiger partial charge in [-0.25, -0.2) is 0 Å². The molecule has 0 radical (unpaired) electrons.